The van der Waals surface area contributed by atoms with Gasteiger partial charge in [0.05, 0.1) is 4.90 Å². The molecule has 0 aliphatic rings. The third kappa shape index (κ3) is 6.19. The van der Waals surface area contributed by atoms with E-state index in [1.165, 1.54) is 12.1 Å². The Morgan fingerprint density at radius 2 is 1.59 bits per heavy atom. The van der Waals surface area contributed by atoms with Crippen LogP contribution in [0.4, 0.5) is 10.1 Å². The average molecular weight is 492 g/mol. The van der Waals surface area contributed by atoms with E-state index in [2.05, 4.69) is 4.72 Å². The van der Waals surface area contributed by atoms with E-state index in [0.717, 1.165) is 22.3 Å². The van der Waals surface area contributed by atoms with E-state index >= 15 is 0 Å². The molecule has 0 aromatic heterocycles. The van der Waals surface area contributed by atoms with Crippen molar-refractivity contribution in [3.8, 4) is 11.1 Å². The lowest BCUT2D eigenvalue weighted by atomic mass is 10.0. The highest BCUT2D eigenvalue weighted by molar-refractivity contribution is 7.86. The van der Waals surface area contributed by atoms with Gasteiger partial charge >= 0.3 is 0 Å². The first-order valence-corrected chi connectivity index (χ1v) is 12.4. The van der Waals surface area contributed by atoms with Crippen LogP contribution >= 0.6 is 11.6 Å². The Labute approximate surface area is 206 Å². The van der Waals surface area contributed by atoms with Crippen molar-refractivity contribution in [2.45, 2.75) is 24.2 Å². The van der Waals surface area contributed by atoms with Crippen molar-refractivity contribution in [1.29, 1.82) is 0 Å². The summed E-state index contributed by atoms with van der Waals surface area (Å²) >= 11 is 6.04. The molecule has 3 nitrogen and oxygen atoms in total. The van der Waals surface area contributed by atoms with Crippen molar-refractivity contribution in [3.05, 3.63) is 119 Å². The fourth-order valence-electron chi connectivity index (χ4n) is 3.65. The topological polar surface area (TPSA) is 46.2 Å². The number of halogens is 2. The Hall–Kier alpha value is -3.28. The molecule has 1 N–H and O–H groups in total. The van der Waals surface area contributed by atoms with E-state index in [4.69, 9.17) is 11.6 Å². The van der Waals surface area contributed by atoms with Crippen molar-refractivity contribution in [2.24, 2.45) is 0 Å². The highest BCUT2D eigenvalue weighted by Gasteiger charge is 2.12. The maximum atomic E-state index is 13.2. The van der Waals surface area contributed by atoms with Gasteiger partial charge in [0.2, 0.25) is 0 Å². The van der Waals surface area contributed by atoms with Crippen molar-refractivity contribution in [1.82, 2.24) is 0 Å². The molecule has 0 amide bonds. The second-order valence-corrected chi connectivity index (χ2v) is 9.47. The lowest BCUT2D eigenvalue weighted by molar-refractivity contribution is -0.118. The molecule has 1 unspecified atom stereocenters. The molecule has 0 saturated heterocycles. The summed E-state index contributed by atoms with van der Waals surface area (Å²) in [4.78, 5) is 13.1. The molecule has 1 atom stereocenters. The third-order valence-corrected chi connectivity index (χ3v) is 6.95. The lowest BCUT2D eigenvalue weighted by Crippen LogP contribution is -2.07. The minimum absolute atomic E-state index is 0.0708. The fraction of sp³-hybridized carbons (Fsp3) is 0.107. The molecule has 34 heavy (non-hydrogen) atoms. The maximum Gasteiger partial charge on any atom is 0.150 e. The van der Waals surface area contributed by atoms with Crippen LogP contribution in [-0.4, -0.2) is 9.99 Å². The number of hydrogen-bond acceptors (Lipinski definition) is 2. The van der Waals surface area contributed by atoms with Gasteiger partial charge in [-0.2, -0.15) is 0 Å². The first-order chi connectivity index (χ1) is 16.5. The first kappa shape index (κ1) is 23.9. The van der Waals surface area contributed by atoms with Crippen LogP contribution in [0.3, 0.4) is 0 Å². The molecule has 4 rings (SSSR count). The third-order valence-electron chi connectivity index (χ3n) is 5.43. The largest absolute Gasteiger partial charge is 0.301 e. The van der Waals surface area contributed by atoms with Crippen LogP contribution in [-0.2, 0) is 28.6 Å². The van der Waals surface area contributed by atoms with Crippen molar-refractivity contribution in [3.63, 3.8) is 0 Å². The van der Waals surface area contributed by atoms with Crippen molar-refractivity contribution < 1.29 is 13.4 Å². The van der Waals surface area contributed by atoms with Crippen LogP contribution in [0.25, 0.3) is 11.1 Å². The summed E-state index contributed by atoms with van der Waals surface area (Å²) in [6.07, 6.45) is 1.09. The number of carbonyl (C=O) groups excluding carboxylic acids is 1. The van der Waals surface area contributed by atoms with Gasteiger partial charge in [-0.05, 0) is 59.0 Å². The second kappa shape index (κ2) is 11.2. The number of rotatable bonds is 9. The fourth-order valence-corrected chi connectivity index (χ4v) is 4.96. The predicted octanol–water partition coefficient (Wildman–Crippen LogP) is 7.03. The molecule has 172 valence electrons. The Kier molecular flexibility index (Phi) is 7.88. The van der Waals surface area contributed by atoms with Crippen LogP contribution < -0.4 is 4.72 Å². The quantitative estimate of drug-likeness (QED) is 0.273. The van der Waals surface area contributed by atoms with Gasteiger partial charge in [-0.3, -0.25) is 4.79 Å². The smallest absolute Gasteiger partial charge is 0.150 e. The predicted molar refractivity (Wildman–Crippen MR) is 137 cm³/mol. The number of nitrogens with one attached hydrogen (secondary N) is 1. The number of anilines is 1. The van der Waals surface area contributed by atoms with Gasteiger partial charge in [0, 0.05) is 23.6 Å². The van der Waals surface area contributed by atoms with E-state index in [-0.39, 0.29) is 5.78 Å². The Bertz CT molecular complexity index is 1310. The summed E-state index contributed by atoms with van der Waals surface area (Å²) in [5.41, 5.74) is 4.25. The van der Waals surface area contributed by atoms with Gasteiger partial charge in [-0.1, -0.05) is 78.3 Å². The standard InChI is InChI=1S/C28H23ClFNO2S/c29-27-19-23(30)14-12-22(27)13-17-25(32)18-20-10-15-24(16-11-20)31-34(33)28-9-5-4-8-26(28)21-6-2-1-3-7-21/h1-12,14-16,19,31H,13,17-18H2. The molecule has 0 aliphatic carbocycles. The Balaban J connectivity index is 1.36. The molecule has 0 heterocycles. The van der Waals surface area contributed by atoms with Gasteiger partial charge in [0.15, 0.2) is 11.0 Å². The molecule has 6 heteroatoms. The SMILES string of the molecule is O=C(CCc1ccc(F)cc1Cl)Cc1ccc(NS(=O)c2ccccc2-c2ccccc2)cc1. The second-order valence-electron chi connectivity index (χ2n) is 7.88. The number of Topliss-reactive ketones (excluding diaryl/α,β-unsaturated/α-hetero) is 1. The Morgan fingerprint density at radius 1 is 0.882 bits per heavy atom. The molecule has 0 radical (unpaired) electrons. The van der Waals surface area contributed by atoms with Crippen LogP contribution in [0.1, 0.15) is 17.5 Å². The maximum absolute atomic E-state index is 13.2. The summed E-state index contributed by atoms with van der Waals surface area (Å²) in [7, 11) is -1.45. The zero-order chi connectivity index (χ0) is 23.9. The summed E-state index contributed by atoms with van der Waals surface area (Å²) in [5.74, 6) is -0.320. The van der Waals surface area contributed by atoms with E-state index in [1.807, 2.05) is 78.9 Å². The number of ketones is 1. The van der Waals surface area contributed by atoms with Gasteiger partial charge in [-0.25, -0.2) is 8.60 Å². The van der Waals surface area contributed by atoms with Gasteiger partial charge in [0.25, 0.3) is 0 Å². The normalized spacial score (nSPS) is 11.7. The minimum atomic E-state index is -1.45. The number of benzene rings is 4. The molecular weight excluding hydrogens is 469 g/mol. The van der Waals surface area contributed by atoms with Crippen molar-refractivity contribution in [2.75, 3.05) is 4.72 Å². The summed E-state index contributed by atoms with van der Waals surface area (Å²) < 4.78 is 29.3. The molecule has 4 aromatic rings. The summed E-state index contributed by atoms with van der Waals surface area (Å²) in [6.45, 7) is 0. The van der Waals surface area contributed by atoms with E-state index < -0.39 is 16.8 Å². The van der Waals surface area contributed by atoms with Crippen molar-refractivity contribution >= 4 is 34.1 Å². The van der Waals surface area contributed by atoms with Crippen LogP contribution in [0, 0.1) is 5.82 Å². The first-order valence-electron chi connectivity index (χ1n) is 10.9. The van der Waals surface area contributed by atoms with Gasteiger partial charge in [0.1, 0.15) is 11.6 Å². The van der Waals surface area contributed by atoms with Gasteiger partial charge < -0.3 is 4.72 Å². The Morgan fingerprint density at radius 3 is 2.32 bits per heavy atom. The monoisotopic (exact) mass is 491 g/mol. The van der Waals surface area contributed by atoms with E-state index in [0.29, 0.717) is 34.9 Å². The lowest BCUT2D eigenvalue weighted by Gasteiger charge is -2.11. The van der Waals surface area contributed by atoms with Crippen LogP contribution in [0.2, 0.25) is 5.02 Å². The molecule has 0 fully saturated rings. The van der Waals surface area contributed by atoms with E-state index in [1.54, 1.807) is 6.07 Å². The van der Waals surface area contributed by atoms with Gasteiger partial charge in [-0.15, -0.1) is 0 Å². The molecular formula is C28H23ClFNO2S. The molecule has 4 aromatic carbocycles. The zero-order valence-electron chi connectivity index (χ0n) is 18.3. The summed E-state index contributed by atoms with van der Waals surface area (Å²) in [6, 6.07) is 29.0. The zero-order valence-corrected chi connectivity index (χ0v) is 19.9. The molecule has 0 spiro atoms. The average Bonchev–Trinajstić information content (AvgIpc) is 2.85. The highest BCUT2D eigenvalue weighted by atomic mass is 35.5. The van der Waals surface area contributed by atoms with Crippen LogP contribution in [0.5, 0.6) is 0 Å². The summed E-state index contributed by atoms with van der Waals surface area (Å²) in [5, 5.41) is 0.338. The number of aryl methyl sites for hydroxylation is 1. The molecule has 0 bridgehead atoms. The molecule has 0 aliphatic heterocycles. The minimum Gasteiger partial charge on any atom is -0.301 e. The van der Waals surface area contributed by atoms with Crippen LogP contribution in [0.15, 0.2) is 102 Å². The highest BCUT2D eigenvalue weighted by Crippen LogP contribution is 2.27. The van der Waals surface area contributed by atoms with E-state index in [9.17, 15) is 13.4 Å². The molecule has 0 saturated carbocycles. The number of hydrogen-bond donors (Lipinski definition) is 1. The number of carbonyl (C=O) groups is 1.